The van der Waals surface area contributed by atoms with Gasteiger partial charge in [0, 0.05) is 16.1 Å². The molecule has 0 unspecified atom stereocenters. The second-order valence-electron chi connectivity index (χ2n) is 4.44. The molecule has 0 fully saturated rings. The minimum Gasteiger partial charge on any atom is -0.497 e. The van der Waals surface area contributed by atoms with E-state index >= 15 is 0 Å². The summed E-state index contributed by atoms with van der Waals surface area (Å²) in [5.41, 5.74) is 2.76. The average Bonchev–Trinajstić information content (AvgIpc) is 2.90. The summed E-state index contributed by atoms with van der Waals surface area (Å²) in [4.78, 5) is 7.93. The molecule has 3 aromatic rings. The number of imidazole rings is 1. The van der Waals surface area contributed by atoms with Crippen molar-refractivity contribution in [1.82, 2.24) is 9.97 Å². The Kier molecular flexibility index (Phi) is 3.91. The van der Waals surface area contributed by atoms with E-state index in [2.05, 4.69) is 41.8 Å². The number of nitrogens with zero attached hydrogens (tertiary/aromatic N) is 1. The number of aromatic nitrogens is 2. The summed E-state index contributed by atoms with van der Waals surface area (Å²) in [6.45, 7) is 0. The number of H-pyrrole nitrogens is 1. The third kappa shape index (κ3) is 2.65. The average molecular weight is 412 g/mol. The van der Waals surface area contributed by atoms with Gasteiger partial charge >= 0.3 is 0 Å². The van der Waals surface area contributed by atoms with Gasteiger partial charge in [-0.15, -0.1) is 0 Å². The third-order valence-electron chi connectivity index (χ3n) is 3.17. The predicted molar refractivity (Wildman–Crippen MR) is 90.0 cm³/mol. The summed E-state index contributed by atoms with van der Waals surface area (Å²) in [6.07, 6.45) is 0. The fourth-order valence-electron chi connectivity index (χ4n) is 2.12. The molecular weight excluding hydrogens is 400 g/mol. The molecule has 0 spiro atoms. The molecule has 0 aliphatic heterocycles. The van der Waals surface area contributed by atoms with Gasteiger partial charge in [-0.2, -0.15) is 0 Å². The summed E-state index contributed by atoms with van der Waals surface area (Å²) in [7, 11) is 3.25. The molecule has 0 saturated carbocycles. The van der Waals surface area contributed by atoms with E-state index in [4.69, 9.17) is 9.47 Å². The Morgan fingerprint density at radius 3 is 2.57 bits per heavy atom. The zero-order chi connectivity index (χ0) is 15.0. The second-order valence-corrected chi connectivity index (χ2v) is 6.15. The monoisotopic (exact) mass is 410 g/mol. The van der Waals surface area contributed by atoms with E-state index in [-0.39, 0.29) is 0 Å². The summed E-state index contributed by atoms with van der Waals surface area (Å²) in [6, 6.07) is 9.67. The van der Waals surface area contributed by atoms with E-state index in [1.807, 2.05) is 30.3 Å². The molecular formula is C15H12Br2N2O2. The molecule has 0 saturated heterocycles. The van der Waals surface area contributed by atoms with Crippen LogP contribution in [0.3, 0.4) is 0 Å². The predicted octanol–water partition coefficient (Wildman–Crippen LogP) is 4.77. The van der Waals surface area contributed by atoms with Gasteiger partial charge in [0.15, 0.2) is 0 Å². The molecule has 3 rings (SSSR count). The molecule has 4 nitrogen and oxygen atoms in total. The lowest BCUT2D eigenvalue weighted by atomic mass is 10.2. The Hall–Kier alpha value is -1.53. The van der Waals surface area contributed by atoms with Crippen molar-refractivity contribution in [3.8, 4) is 22.9 Å². The van der Waals surface area contributed by atoms with Gasteiger partial charge in [-0.3, -0.25) is 0 Å². The summed E-state index contributed by atoms with van der Waals surface area (Å²) in [5, 5.41) is 0. The number of hydrogen-bond acceptors (Lipinski definition) is 3. The van der Waals surface area contributed by atoms with E-state index in [1.54, 1.807) is 14.2 Å². The number of hydrogen-bond donors (Lipinski definition) is 1. The second kappa shape index (κ2) is 5.69. The number of methoxy groups -OCH3 is 2. The molecule has 0 aliphatic carbocycles. The number of rotatable bonds is 3. The smallest absolute Gasteiger partial charge is 0.139 e. The Morgan fingerprint density at radius 1 is 1.05 bits per heavy atom. The van der Waals surface area contributed by atoms with Crippen LogP contribution in [0.15, 0.2) is 39.3 Å². The van der Waals surface area contributed by atoms with E-state index in [0.29, 0.717) is 11.5 Å². The Labute approximate surface area is 138 Å². The van der Waals surface area contributed by atoms with Crippen molar-refractivity contribution < 1.29 is 9.47 Å². The molecule has 1 N–H and O–H groups in total. The summed E-state index contributed by atoms with van der Waals surface area (Å²) < 4.78 is 12.5. The fourth-order valence-corrected chi connectivity index (χ4v) is 3.06. The van der Waals surface area contributed by atoms with Crippen molar-refractivity contribution in [3.05, 3.63) is 39.3 Å². The SMILES string of the molecule is COc1cc(OC)c(Br)c(-c2nc3ccc(Br)cc3[nH]2)c1. The molecule has 2 aromatic carbocycles. The topological polar surface area (TPSA) is 47.1 Å². The highest BCUT2D eigenvalue weighted by Gasteiger charge is 2.15. The van der Waals surface area contributed by atoms with Crippen LogP contribution in [-0.4, -0.2) is 24.2 Å². The lowest BCUT2D eigenvalue weighted by Gasteiger charge is -2.10. The minimum absolute atomic E-state index is 0.700. The molecule has 0 bridgehead atoms. The van der Waals surface area contributed by atoms with Gasteiger partial charge in [0.25, 0.3) is 0 Å². The zero-order valence-electron chi connectivity index (χ0n) is 11.4. The Morgan fingerprint density at radius 2 is 1.86 bits per heavy atom. The van der Waals surface area contributed by atoms with Crippen molar-refractivity contribution in [1.29, 1.82) is 0 Å². The van der Waals surface area contributed by atoms with Crippen LogP contribution < -0.4 is 9.47 Å². The minimum atomic E-state index is 0.700. The molecule has 0 radical (unpaired) electrons. The van der Waals surface area contributed by atoms with Crippen molar-refractivity contribution in [2.75, 3.05) is 14.2 Å². The van der Waals surface area contributed by atoms with Crippen molar-refractivity contribution in [3.63, 3.8) is 0 Å². The maximum atomic E-state index is 5.37. The van der Waals surface area contributed by atoms with E-state index in [0.717, 1.165) is 31.4 Å². The van der Waals surface area contributed by atoms with Crippen LogP contribution >= 0.6 is 31.9 Å². The molecule has 0 amide bonds. The quantitative estimate of drug-likeness (QED) is 0.675. The van der Waals surface area contributed by atoms with E-state index < -0.39 is 0 Å². The van der Waals surface area contributed by atoms with Gasteiger partial charge in [0.2, 0.25) is 0 Å². The summed E-state index contributed by atoms with van der Waals surface area (Å²) in [5.74, 6) is 2.17. The lowest BCUT2D eigenvalue weighted by Crippen LogP contribution is -1.92. The molecule has 108 valence electrons. The molecule has 21 heavy (non-hydrogen) atoms. The van der Waals surface area contributed by atoms with Gasteiger partial charge in [-0.1, -0.05) is 15.9 Å². The molecule has 1 heterocycles. The normalized spacial score (nSPS) is 10.9. The van der Waals surface area contributed by atoms with Crippen LogP contribution in [-0.2, 0) is 0 Å². The Balaban J connectivity index is 2.21. The first-order valence-electron chi connectivity index (χ1n) is 6.19. The van der Waals surface area contributed by atoms with Gasteiger partial charge < -0.3 is 14.5 Å². The third-order valence-corrected chi connectivity index (χ3v) is 4.48. The van der Waals surface area contributed by atoms with Crippen LogP contribution in [0, 0.1) is 0 Å². The van der Waals surface area contributed by atoms with Crippen LogP contribution in [0.1, 0.15) is 0 Å². The first-order valence-corrected chi connectivity index (χ1v) is 7.78. The van der Waals surface area contributed by atoms with Gasteiger partial charge in [0.05, 0.1) is 29.7 Å². The number of halogens is 2. The molecule has 0 aliphatic rings. The standard InChI is InChI=1S/C15H12Br2N2O2/c1-20-9-6-10(14(17)13(7-9)21-2)15-18-11-4-3-8(16)5-12(11)19-15/h3-7H,1-2H3,(H,18,19). The highest BCUT2D eigenvalue weighted by atomic mass is 79.9. The van der Waals surface area contributed by atoms with Crippen LogP contribution in [0.2, 0.25) is 0 Å². The van der Waals surface area contributed by atoms with Crippen molar-refractivity contribution in [2.45, 2.75) is 0 Å². The first kappa shape index (κ1) is 14.4. The first-order chi connectivity index (χ1) is 10.1. The molecule has 1 aromatic heterocycles. The van der Waals surface area contributed by atoms with Gasteiger partial charge in [-0.05, 0) is 40.2 Å². The maximum absolute atomic E-state index is 5.37. The maximum Gasteiger partial charge on any atom is 0.139 e. The number of ether oxygens (including phenoxy) is 2. The zero-order valence-corrected chi connectivity index (χ0v) is 14.6. The van der Waals surface area contributed by atoms with Gasteiger partial charge in [-0.25, -0.2) is 4.98 Å². The number of benzene rings is 2. The highest BCUT2D eigenvalue weighted by Crippen LogP contribution is 2.38. The van der Waals surface area contributed by atoms with Crippen molar-refractivity contribution >= 4 is 42.9 Å². The van der Waals surface area contributed by atoms with Crippen LogP contribution in [0.25, 0.3) is 22.4 Å². The van der Waals surface area contributed by atoms with Crippen LogP contribution in [0.4, 0.5) is 0 Å². The van der Waals surface area contributed by atoms with Crippen LogP contribution in [0.5, 0.6) is 11.5 Å². The summed E-state index contributed by atoms with van der Waals surface area (Å²) >= 11 is 7.02. The molecule has 6 heteroatoms. The van der Waals surface area contributed by atoms with Gasteiger partial charge in [0.1, 0.15) is 17.3 Å². The number of fused-ring (bicyclic) bond motifs is 1. The van der Waals surface area contributed by atoms with E-state index in [9.17, 15) is 0 Å². The van der Waals surface area contributed by atoms with Crippen molar-refractivity contribution in [2.24, 2.45) is 0 Å². The Bertz CT molecular complexity index is 815. The number of aromatic amines is 1. The van der Waals surface area contributed by atoms with E-state index in [1.165, 1.54) is 0 Å². The highest BCUT2D eigenvalue weighted by molar-refractivity contribution is 9.11. The number of nitrogens with one attached hydrogen (secondary N) is 1. The largest absolute Gasteiger partial charge is 0.497 e. The molecule has 0 atom stereocenters. The fraction of sp³-hybridized carbons (Fsp3) is 0.133. The lowest BCUT2D eigenvalue weighted by molar-refractivity contribution is 0.393.